The van der Waals surface area contributed by atoms with Crippen LogP contribution in [0.15, 0.2) is 30.6 Å². The Labute approximate surface area is 115 Å². The van der Waals surface area contributed by atoms with Crippen LogP contribution in [0.1, 0.15) is 35.0 Å². The fourth-order valence-electron chi connectivity index (χ4n) is 2.72. The van der Waals surface area contributed by atoms with E-state index in [1.165, 1.54) is 16.7 Å². The van der Waals surface area contributed by atoms with Crippen molar-refractivity contribution in [2.45, 2.75) is 32.7 Å². The summed E-state index contributed by atoms with van der Waals surface area (Å²) in [5.41, 5.74) is 4.15. The third-order valence-electron chi connectivity index (χ3n) is 3.82. The van der Waals surface area contributed by atoms with E-state index >= 15 is 0 Å². The summed E-state index contributed by atoms with van der Waals surface area (Å²) < 4.78 is 2.09. The van der Waals surface area contributed by atoms with Crippen LogP contribution in [0.5, 0.6) is 0 Å². The van der Waals surface area contributed by atoms with E-state index in [0.717, 1.165) is 18.7 Å². The maximum Gasteiger partial charge on any atom is 0.108 e. The van der Waals surface area contributed by atoms with Crippen LogP contribution in [0.25, 0.3) is 0 Å². The maximum absolute atomic E-state index is 4.40. The summed E-state index contributed by atoms with van der Waals surface area (Å²) in [5, 5.41) is 3.44. The summed E-state index contributed by atoms with van der Waals surface area (Å²) in [7, 11) is 4.09. The lowest BCUT2D eigenvalue weighted by atomic mass is 9.93. The lowest BCUT2D eigenvalue weighted by molar-refractivity contribution is 0.531. The predicted octanol–water partition coefficient (Wildman–Crippen LogP) is 2.93. The Morgan fingerprint density at radius 2 is 1.95 bits per heavy atom. The average Bonchev–Trinajstić information content (AvgIpc) is 2.78. The molecule has 2 rings (SSSR count). The van der Waals surface area contributed by atoms with E-state index in [9.17, 15) is 0 Å². The van der Waals surface area contributed by atoms with Gasteiger partial charge in [-0.2, -0.15) is 0 Å². The Bertz CT molecular complexity index is 522. The van der Waals surface area contributed by atoms with Gasteiger partial charge in [0.1, 0.15) is 5.82 Å². The first-order valence-electron chi connectivity index (χ1n) is 6.83. The minimum absolute atomic E-state index is 0.387. The van der Waals surface area contributed by atoms with Crippen molar-refractivity contribution in [1.82, 2.24) is 14.9 Å². The van der Waals surface area contributed by atoms with Gasteiger partial charge in [-0.05, 0) is 44.0 Å². The van der Waals surface area contributed by atoms with E-state index in [2.05, 4.69) is 54.0 Å². The van der Waals surface area contributed by atoms with Crippen LogP contribution in [0, 0.1) is 13.8 Å². The van der Waals surface area contributed by atoms with Crippen molar-refractivity contribution in [2.24, 2.45) is 7.05 Å². The summed E-state index contributed by atoms with van der Waals surface area (Å²) >= 11 is 0. The number of hydrogen-bond donors (Lipinski definition) is 1. The zero-order valence-corrected chi connectivity index (χ0v) is 12.3. The normalized spacial score (nSPS) is 12.6. The molecule has 1 aromatic carbocycles. The number of rotatable bonds is 5. The molecule has 0 amide bonds. The number of nitrogens with one attached hydrogen (secondary N) is 1. The third kappa shape index (κ3) is 3.04. The molecule has 0 fully saturated rings. The summed E-state index contributed by atoms with van der Waals surface area (Å²) in [5.74, 6) is 1.14. The molecule has 1 N–H and O–H groups in total. The highest BCUT2D eigenvalue weighted by atomic mass is 15.0. The van der Waals surface area contributed by atoms with Gasteiger partial charge >= 0.3 is 0 Å². The van der Waals surface area contributed by atoms with Crippen molar-refractivity contribution in [3.63, 3.8) is 0 Å². The summed E-state index contributed by atoms with van der Waals surface area (Å²) in [4.78, 5) is 4.40. The molecule has 1 aromatic heterocycles. The highest BCUT2D eigenvalue weighted by molar-refractivity contribution is 5.36. The monoisotopic (exact) mass is 257 g/mol. The van der Waals surface area contributed by atoms with Gasteiger partial charge in [-0.15, -0.1) is 0 Å². The summed E-state index contributed by atoms with van der Waals surface area (Å²) in [6, 6.07) is 6.89. The zero-order valence-electron chi connectivity index (χ0n) is 12.3. The van der Waals surface area contributed by atoms with E-state index in [1.54, 1.807) is 0 Å². The molecule has 0 spiro atoms. The van der Waals surface area contributed by atoms with Crippen LogP contribution >= 0.6 is 0 Å². The Hall–Kier alpha value is -1.61. The van der Waals surface area contributed by atoms with Crippen molar-refractivity contribution in [1.29, 1.82) is 0 Å². The van der Waals surface area contributed by atoms with Gasteiger partial charge in [-0.25, -0.2) is 4.98 Å². The number of aryl methyl sites for hydroxylation is 4. The number of hydrogen-bond acceptors (Lipinski definition) is 2. The van der Waals surface area contributed by atoms with Crippen molar-refractivity contribution >= 4 is 0 Å². The van der Waals surface area contributed by atoms with Crippen molar-refractivity contribution < 1.29 is 0 Å². The lowest BCUT2D eigenvalue weighted by Gasteiger charge is -2.21. The standard InChI is InChI=1S/C16H23N3/c1-12-6-5-7-13(2)16(12)14(17-3)8-9-15-18-10-11-19(15)4/h5-7,10-11,14,17H,8-9H2,1-4H3. The molecular formula is C16H23N3. The van der Waals surface area contributed by atoms with Gasteiger partial charge in [0.25, 0.3) is 0 Å². The average molecular weight is 257 g/mol. The molecule has 102 valence electrons. The zero-order chi connectivity index (χ0) is 13.8. The van der Waals surface area contributed by atoms with Gasteiger partial charge in [-0.1, -0.05) is 18.2 Å². The Morgan fingerprint density at radius 3 is 2.47 bits per heavy atom. The van der Waals surface area contributed by atoms with Gasteiger partial charge in [0.05, 0.1) is 0 Å². The lowest BCUT2D eigenvalue weighted by Crippen LogP contribution is -2.20. The minimum atomic E-state index is 0.387. The van der Waals surface area contributed by atoms with Crippen molar-refractivity contribution in [2.75, 3.05) is 7.05 Å². The molecule has 0 aliphatic rings. The quantitative estimate of drug-likeness (QED) is 0.892. The van der Waals surface area contributed by atoms with Gasteiger partial charge in [0, 0.05) is 31.9 Å². The summed E-state index contributed by atoms with van der Waals surface area (Å²) in [6.07, 6.45) is 5.92. The Morgan fingerprint density at radius 1 is 1.26 bits per heavy atom. The minimum Gasteiger partial charge on any atom is -0.338 e. The number of benzene rings is 1. The molecular weight excluding hydrogens is 234 g/mol. The van der Waals surface area contributed by atoms with Gasteiger partial charge in [0.15, 0.2) is 0 Å². The molecule has 0 saturated carbocycles. The van der Waals surface area contributed by atoms with Gasteiger partial charge in [0.2, 0.25) is 0 Å². The fraction of sp³-hybridized carbons (Fsp3) is 0.438. The Kier molecular flexibility index (Phi) is 4.38. The molecule has 1 heterocycles. The molecule has 0 bridgehead atoms. The second-order valence-corrected chi connectivity index (χ2v) is 5.14. The molecule has 19 heavy (non-hydrogen) atoms. The Balaban J connectivity index is 2.15. The molecule has 1 atom stereocenters. The second kappa shape index (κ2) is 6.02. The topological polar surface area (TPSA) is 29.9 Å². The molecule has 0 aliphatic heterocycles. The van der Waals surface area contributed by atoms with E-state index in [0.29, 0.717) is 6.04 Å². The molecule has 0 saturated heterocycles. The molecule has 2 aromatic rings. The van der Waals surface area contributed by atoms with Gasteiger partial charge < -0.3 is 9.88 Å². The smallest absolute Gasteiger partial charge is 0.108 e. The highest BCUT2D eigenvalue weighted by Crippen LogP contribution is 2.25. The van der Waals surface area contributed by atoms with Crippen LogP contribution in [0.4, 0.5) is 0 Å². The van der Waals surface area contributed by atoms with Crippen molar-refractivity contribution in [3.05, 3.63) is 53.1 Å². The fourth-order valence-corrected chi connectivity index (χ4v) is 2.72. The first-order chi connectivity index (χ1) is 9.13. The van der Waals surface area contributed by atoms with Crippen molar-refractivity contribution in [3.8, 4) is 0 Å². The van der Waals surface area contributed by atoms with Crippen LogP contribution in [-0.2, 0) is 13.5 Å². The molecule has 3 nitrogen and oxygen atoms in total. The van der Waals surface area contributed by atoms with E-state index < -0.39 is 0 Å². The molecule has 0 aliphatic carbocycles. The van der Waals surface area contributed by atoms with E-state index in [1.807, 2.05) is 19.4 Å². The summed E-state index contributed by atoms with van der Waals surface area (Å²) in [6.45, 7) is 4.38. The number of aromatic nitrogens is 2. The first kappa shape index (κ1) is 13.8. The molecule has 3 heteroatoms. The number of imidazole rings is 1. The number of nitrogens with zero attached hydrogens (tertiary/aromatic N) is 2. The van der Waals surface area contributed by atoms with Gasteiger partial charge in [-0.3, -0.25) is 0 Å². The SMILES string of the molecule is CNC(CCc1nccn1C)c1c(C)cccc1C. The predicted molar refractivity (Wildman–Crippen MR) is 79.2 cm³/mol. The van der Waals surface area contributed by atoms with Crippen LogP contribution in [0.2, 0.25) is 0 Å². The second-order valence-electron chi connectivity index (χ2n) is 5.14. The largest absolute Gasteiger partial charge is 0.338 e. The third-order valence-corrected chi connectivity index (χ3v) is 3.82. The molecule has 0 radical (unpaired) electrons. The van der Waals surface area contributed by atoms with E-state index in [-0.39, 0.29) is 0 Å². The van der Waals surface area contributed by atoms with E-state index in [4.69, 9.17) is 0 Å². The highest BCUT2D eigenvalue weighted by Gasteiger charge is 2.15. The van der Waals surface area contributed by atoms with Crippen LogP contribution in [0.3, 0.4) is 0 Å². The molecule has 1 unspecified atom stereocenters. The maximum atomic E-state index is 4.40. The van der Waals surface area contributed by atoms with Crippen LogP contribution in [-0.4, -0.2) is 16.6 Å². The first-order valence-corrected chi connectivity index (χ1v) is 6.83. The van der Waals surface area contributed by atoms with Crippen LogP contribution < -0.4 is 5.32 Å².